The summed E-state index contributed by atoms with van der Waals surface area (Å²) < 4.78 is 38.0. The maximum Gasteiger partial charge on any atom is 0.264 e. The van der Waals surface area contributed by atoms with Crippen LogP contribution in [0.3, 0.4) is 0 Å². The van der Waals surface area contributed by atoms with Crippen LogP contribution >= 0.6 is 12.2 Å². The van der Waals surface area contributed by atoms with E-state index in [1.54, 1.807) is 32.4 Å². The Kier molecular flexibility index (Phi) is 7.44. The number of rotatable bonds is 8. The standard InChI is InChI=1S/C21H23N5O4S2/c1-14(18-13-16(29-2)7-10-19(18)30-3)24-21(31)25-15-5-8-17(9-6-15)32(27,28)26-20-22-11-4-12-23-20/h4-14H,1-3H3,(H,22,23,26)(H2,24,25,31)/t14-/m0/s1. The number of anilines is 2. The van der Waals surface area contributed by atoms with E-state index in [0.717, 1.165) is 5.56 Å². The van der Waals surface area contributed by atoms with Crippen LogP contribution in [0.1, 0.15) is 18.5 Å². The van der Waals surface area contributed by atoms with Crippen molar-refractivity contribution < 1.29 is 17.9 Å². The van der Waals surface area contributed by atoms with Crippen molar-refractivity contribution in [2.75, 3.05) is 24.3 Å². The summed E-state index contributed by atoms with van der Waals surface area (Å²) in [6.07, 6.45) is 2.90. The monoisotopic (exact) mass is 473 g/mol. The molecule has 3 rings (SSSR count). The molecular weight excluding hydrogens is 450 g/mol. The van der Waals surface area contributed by atoms with E-state index >= 15 is 0 Å². The minimum atomic E-state index is -3.80. The van der Waals surface area contributed by atoms with Gasteiger partial charge in [0.15, 0.2) is 5.11 Å². The van der Waals surface area contributed by atoms with Gasteiger partial charge in [0.1, 0.15) is 11.5 Å². The van der Waals surface area contributed by atoms with Crippen LogP contribution in [0.25, 0.3) is 0 Å². The van der Waals surface area contributed by atoms with Gasteiger partial charge in [-0.05, 0) is 67.7 Å². The normalized spacial score (nSPS) is 11.8. The second-order valence-corrected chi connectivity index (χ2v) is 8.72. The van der Waals surface area contributed by atoms with Gasteiger partial charge in [-0.15, -0.1) is 0 Å². The van der Waals surface area contributed by atoms with Gasteiger partial charge < -0.3 is 20.1 Å². The summed E-state index contributed by atoms with van der Waals surface area (Å²) >= 11 is 5.40. The van der Waals surface area contributed by atoms with Crippen LogP contribution in [0.2, 0.25) is 0 Å². The molecular formula is C21H23N5O4S2. The van der Waals surface area contributed by atoms with Crippen molar-refractivity contribution in [3.8, 4) is 11.5 Å². The molecule has 0 saturated carbocycles. The van der Waals surface area contributed by atoms with Crippen molar-refractivity contribution in [2.24, 2.45) is 0 Å². The van der Waals surface area contributed by atoms with Gasteiger partial charge in [-0.2, -0.15) is 0 Å². The molecule has 1 atom stereocenters. The predicted octanol–water partition coefficient (Wildman–Crippen LogP) is 3.34. The van der Waals surface area contributed by atoms with Crippen LogP contribution in [0.15, 0.2) is 65.8 Å². The highest BCUT2D eigenvalue weighted by Gasteiger charge is 2.16. The van der Waals surface area contributed by atoms with E-state index in [2.05, 4.69) is 25.3 Å². The molecule has 3 aromatic rings. The maximum atomic E-state index is 12.5. The fourth-order valence-electron chi connectivity index (χ4n) is 2.87. The Bertz CT molecular complexity index is 1170. The zero-order valence-electron chi connectivity index (χ0n) is 17.7. The third-order valence-electron chi connectivity index (χ3n) is 4.46. The Morgan fingerprint density at radius 2 is 1.72 bits per heavy atom. The second-order valence-electron chi connectivity index (χ2n) is 6.63. The fourth-order valence-corrected chi connectivity index (χ4v) is 4.12. The second kappa shape index (κ2) is 10.2. The van der Waals surface area contributed by atoms with Gasteiger partial charge in [-0.25, -0.2) is 23.1 Å². The molecule has 0 aliphatic carbocycles. The lowest BCUT2D eigenvalue weighted by Crippen LogP contribution is -2.31. The number of hydrogen-bond acceptors (Lipinski definition) is 7. The first-order chi connectivity index (χ1) is 15.3. The van der Waals surface area contributed by atoms with Crippen molar-refractivity contribution in [2.45, 2.75) is 17.9 Å². The molecule has 0 aliphatic heterocycles. The van der Waals surface area contributed by atoms with E-state index in [-0.39, 0.29) is 16.9 Å². The maximum absolute atomic E-state index is 12.5. The largest absolute Gasteiger partial charge is 0.497 e. The number of sulfonamides is 1. The Morgan fingerprint density at radius 1 is 1.03 bits per heavy atom. The molecule has 168 valence electrons. The van der Waals surface area contributed by atoms with Crippen molar-refractivity contribution in [3.63, 3.8) is 0 Å². The predicted molar refractivity (Wildman–Crippen MR) is 127 cm³/mol. The summed E-state index contributed by atoms with van der Waals surface area (Å²) in [6, 6.07) is 13.1. The highest BCUT2D eigenvalue weighted by Crippen LogP contribution is 2.29. The number of benzene rings is 2. The number of hydrogen-bond donors (Lipinski definition) is 3. The first kappa shape index (κ1) is 23.2. The van der Waals surface area contributed by atoms with Crippen molar-refractivity contribution in [3.05, 3.63) is 66.5 Å². The topological polar surface area (TPSA) is 114 Å². The molecule has 0 aliphatic rings. The molecule has 32 heavy (non-hydrogen) atoms. The number of nitrogens with zero attached hydrogens (tertiary/aromatic N) is 2. The Hall–Kier alpha value is -3.44. The summed E-state index contributed by atoms with van der Waals surface area (Å²) in [4.78, 5) is 7.81. The molecule has 1 heterocycles. The van der Waals surface area contributed by atoms with Gasteiger partial charge >= 0.3 is 0 Å². The average Bonchev–Trinajstić information content (AvgIpc) is 2.79. The average molecular weight is 474 g/mol. The first-order valence-corrected chi connectivity index (χ1v) is 11.4. The van der Waals surface area contributed by atoms with Gasteiger partial charge in [0, 0.05) is 23.6 Å². The molecule has 0 saturated heterocycles. The number of methoxy groups -OCH3 is 2. The Labute approximate surface area is 192 Å². The molecule has 1 aromatic heterocycles. The van der Waals surface area contributed by atoms with Crippen LogP contribution < -0.4 is 24.8 Å². The molecule has 3 N–H and O–H groups in total. The Morgan fingerprint density at radius 3 is 2.34 bits per heavy atom. The quantitative estimate of drug-likeness (QED) is 0.424. The lowest BCUT2D eigenvalue weighted by atomic mass is 10.1. The zero-order valence-corrected chi connectivity index (χ0v) is 19.3. The molecule has 0 amide bonds. The summed E-state index contributed by atoms with van der Waals surface area (Å²) in [5, 5.41) is 6.60. The van der Waals surface area contributed by atoms with E-state index in [0.29, 0.717) is 22.3 Å². The summed E-state index contributed by atoms with van der Waals surface area (Å²) in [5.74, 6) is 1.42. The summed E-state index contributed by atoms with van der Waals surface area (Å²) in [6.45, 7) is 1.94. The third-order valence-corrected chi connectivity index (χ3v) is 6.03. The number of aromatic nitrogens is 2. The highest BCUT2D eigenvalue weighted by molar-refractivity contribution is 7.92. The van der Waals surface area contributed by atoms with Gasteiger partial charge in [-0.1, -0.05) is 0 Å². The van der Waals surface area contributed by atoms with Gasteiger partial charge in [-0.3, -0.25) is 0 Å². The molecule has 2 aromatic carbocycles. The van der Waals surface area contributed by atoms with Gasteiger partial charge in [0.2, 0.25) is 5.95 Å². The number of ether oxygens (including phenoxy) is 2. The molecule has 0 radical (unpaired) electrons. The number of nitrogens with one attached hydrogen (secondary N) is 3. The lowest BCUT2D eigenvalue weighted by Gasteiger charge is -2.20. The highest BCUT2D eigenvalue weighted by atomic mass is 32.2. The van der Waals surface area contributed by atoms with E-state index in [1.165, 1.54) is 24.5 Å². The van der Waals surface area contributed by atoms with Crippen molar-refractivity contribution in [1.29, 1.82) is 0 Å². The van der Waals surface area contributed by atoms with Gasteiger partial charge in [0.25, 0.3) is 10.0 Å². The first-order valence-electron chi connectivity index (χ1n) is 9.51. The number of thiocarbonyl (C=S) groups is 1. The van der Waals surface area contributed by atoms with Gasteiger partial charge in [0.05, 0.1) is 25.2 Å². The van der Waals surface area contributed by atoms with Crippen LogP contribution in [-0.2, 0) is 10.0 Å². The van der Waals surface area contributed by atoms with E-state index in [4.69, 9.17) is 21.7 Å². The summed E-state index contributed by atoms with van der Waals surface area (Å²) in [7, 11) is -0.605. The minimum absolute atomic E-state index is 0.00189. The molecule has 0 unspecified atom stereocenters. The van der Waals surface area contributed by atoms with Crippen LogP contribution in [0.4, 0.5) is 11.6 Å². The Balaban J connectivity index is 1.65. The van der Waals surface area contributed by atoms with Crippen molar-refractivity contribution >= 4 is 39.0 Å². The third kappa shape index (κ3) is 5.83. The van der Waals surface area contributed by atoms with Crippen molar-refractivity contribution in [1.82, 2.24) is 15.3 Å². The van der Waals surface area contributed by atoms with E-state index in [9.17, 15) is 8.42 Å². The molecule has 0 fully saturated rings. The SMILES string of the molecule is COc1ccc(OC)c([C@H](C)NC(=S)Nc2ccc(S(=O)(=O)Nc3ncccn3)cc2)c1. The van der Waals surface area contributed by atoms with Crippen LogP contribution in [-0.4, -0.2) is 37.7 Å². The molecule has 9 nitrogen and oxygen atoms in total. The minimum Gasteiger partial charge on any atom is -0.497 e. The molecule has 0 spiro atoms. The lowest BCUT2D eigenvalue weighted by molar-refractivity contribution is 0.395. The van der Waals surface area contributed by atoms with Crippen LogP contribution in [0, 0.1) is 0 Å². The molecule has 0 bridgehead atoms. The van der Waals surface area contributed by atoms with E-state index < -0.39 is 10.0 Å². The fraction of sp³-hybridized carbons (Fsp3) is 0.190. The molecule has 11 heteroatoms. The van der Waals surface area contributed by atoms with E-state index in [1.807, 2.05) is 25.1 Å². The smallest absolute Gasteiger partial charge is 0.264 e. The summed E-state index contributed by atoms with van der Waals surface area (Å²) in [5.41, 5.74) is 1.51. The van der Waals surface area contributed by atoms with Crippen LogP contribution in [0.5, 0.6) is 11.5 Å². The zero-order chi connectivity index (χ0) is 23.1.